The molecule has 7 heterocycles. The second-order valence-electron chi connectivity index (χ2n) is 31.6. The first-order valence-corrected chi connectivity index (χ1v) is 42.2. The first kappa shape index (κ1) is 94.3. The number of aliphatic carboxylic acids is 1. The predicted octanol–water partition coefficient (Wildman–Crippen LogP) is 5.61. The molecule has 36 nitrogen and oxygen atoms in total. The normalized spacial score (nSPS) is 25.8. The van der Waals surface area contributed by atoms with Crippen molar-refractivity contribution < 1.29 is 132 Å². The number of unbranched alkanes of at least 4 members (excludes halogenated alkanes) is 1. The lowest BCUT2D eigenvalue weighted by Gasteiger charge is -2.48. The number of phenols is 3. The Hall–Kier alpha value is -10.9. The van der Waals surface area contributed by atoms with E-state index in [1.54, 1.807) is 44.2 Å². The van der Waals surface area contributed by atoms with Crippen molar-refractivity contribution >= 4 is 99.0 Å². The summed E-state index contributed by atoms with van der Waals surface area (Å²) < 4.78 is 52.3. The smallest absolute Gasteiger partial charge is 0.330 e. The molecular formula is C86H96Cl3N9O27S. The number of nitrogens with one attached hydrogen (secondary N) is 8. The van der Waals surface area contributed by atoms with E-state index in [0.717, 1.165) is 72.3 Å². The molecule has 0 saturated carbocycles. The summed E-state index contributed by atoms with van der Waals surface area (Å²) in [4.78, 5) is 130. The number of halogens is 3. The van der Waals surface area contributed by atoms with Crippen LogP contribution in [0.5, 0.6) is 57.5 Å². The van der Waals surface area contributed by atoms with Crippen LogP contribution in [0, 0.1) is 5.92 Å². The molecule has 126 heavy (non-hydrogen) atoms. The maximum Gasteiger partial charge on any atom is 0.330 e. The van der Waals surface area contributed by atoms with Crippen molar-refractivity contribution in [3.63, 3.8) is 0 Å². The molecule has 18 atom stereocenters. The van der Waals surface area contributed by atoms with E-state index in [-0.39, 0.29) is 71.1 Å². The van der Waals surface area contributed by atoms with Gasteiger partial charge in [-0.1, -0.05) is 96.8 Å². The minimum absolute atomic E-state index is 0.00711. The topological polar surface area (TPSA) is 552 Å². The number of nitrogens with two attached hydrogens (primary N) is 1. The number of carboxylic acid groups (broad SMARTS) is 1. The molecule has 0 radical (unpaired) electrons. The number of benzene rings is 7. The fourth-order valence-electron chi connectivity index (χ4n) is 15.2. The molecule has 0 aromatic heterocycles. The lowest BCUT2D eigenvalue weighted by atomic mass is 9.84. The van der Waals surface area contributed by atoms with Gasteiger partial charge >= 0.3 is 5.97 Å². The van der Waals surface area contributed by atoms with Crippen molar-refractivity contribution in [2.45, 2.75) is 189 Å². The third-order valence-corrected chi connectivity index (χ3v) is 23.6. The SMILES string of the molecule is CN[C@H](CC(C)C)C(=O)N[C@H]1C(=O)N[C@@H](CC(N)=O)C(=O)N[C@H]2C(=O)N[C@H]3C(=O)N[C@H](C(=O)N[C@H](C(=O)O)c4cc(O)cc(O)c4-c4cc3ccc4O)[C@H](O)c3ccc(c(Cl)c3)Oc3cc2cc(c3O[C@@H]2O[C@H](CO)[C@@H](O)[C@H](O)[C@H]2O[C@H]2C[C@](C)(NCc3ccc(OCc4ccc(Cl)cc4)c(OCCCCSC(C)=O)c3)[C@H](O)[C@H](C)O2)Oc2ccc(cc2Cl)[C@H]1O. The molecule has 0 spiro atoms. The zero-order valence-corrected chi connectivity index (χ0v) is 71.6. The van der Waals surface area contributed by atoms with Gasteiger partial charge in [0.25, 0.3) is 0 Å². The molecular weight excluding hydrogens is 1730 g/mol. The lowest BCUT2D eigenvalue weighted by Crippen LogP contribution is -2.65. The zero-order chi connectivity index (χ0) is 91.0. The number of primary amides is 1. The number of fused-ring (bicyclic) bond motifs is 15. The highest BCUT2D eigenvalue weighted by molar-refractivity contribution is 8.13. The van der Waals surface area contributed by atoms with Crippen molar-refractivity contribution in [3.05, 3.63) is 175 Å². The number of hydrogen-bond donors (Lipinski definition) is 19. The molecule has 7 aliphatic heterocycles. The van der Waals surface area contributed by atoms with Crippen LogP contribution in [0.2, 0.25) is 15.1 Å². The van der Waals surface area contributed by atoms with Crippen LogP contribution < -0.4 is 72.0 Å². The number of rotatable bonds is 25. The van der Waals surface area contributed by atoms with E-state index in [4.69, 9.17) is 78.4 Å². The van der Waals surface area contributed by atoms with E-state index in [1.807, 2.05) is 26.0 Å². The van der Waals surface area contributed by atoms with Gasteiger partial charge in [-0.15, -0.1) is 0 Å². The molecule has 0 aliphatic carbocycles. The third kappa shape index (κ3) is 22.0. The van der Waals surface area contributed by atoms with Crippen LogP contribution in [0.1, 0.15) is 136 Å². The molecule has 20 N–H and O–H groups in total. The number of carbonyl (C=O) groups excluding carboxylic acids is 8. The van der Waals surface area contributed by atoms with Crippen LogP contribution >= 0.6 is 46.6 Å². The van der Waals surface area contributed by atoms with Crippen LogP contribution in [0.25, 0.3) is 11.1 Å². The fourth-order valence-corrected chi connectivity index (χ4v) is 16.4. The molecule has 7 aliphatic rings. The lowest BCUT2D eigenvalue weighted by molar-refractivity contribution is -0.334. The number of carbonyl (C=O) groups is 9. The number of amides is 7. The monoisotopic (exact) mass is 1820 g/mol. The van der Waals surface area contributed by atoms with Gasteiger partial charge in [-0.05, 0) is 158 Å². The summed E-state index contributed by atoms with van der Waals surface area (Å²) in [6, 6.07) is 11.5. The second-order valence-corrected chi connectivity index (χ2v) is 34.1. The number of ether oxygens (including phenoxy) is 8. The summed E-state index contributed by atoms with van der Waals surface area (Å²) in [5, 5.41) is 138. The van der Waals surface area contributed by atoms with Crippen LogP contribution in [-0.2, 0) is 70.5 Å². The average molecular weight is 1830 g/mol. The first-order chi connectivity index (χ1) is 59.9. The van der Waals surface area contributed by atoms with Gasteiger partial charge in [0.1, 0.15) is 96.1 Å². The fraction of sp³-hybridized carbons (Fsp3) is 0.407. The van der Waals surface area contributed by atoms with Crippen molar-refractivity contribution in [3.8, 4) is 68.6 Å². The van der Waals surface area contributed by atoms with Gasteiger partial charge in [-0.2, -0.15) is 0 Å². The second kappa shape index (κ2) is 40.8. The van der Waals surface area contributed by atoms with Crippen LogP contribution in [0.3, 0.4) is 0 Å². The molecule has 14 rings (SSSR count). The Morgan fingerprint density at radius 2 is 1.32 bits per heavy atom. The van der Waals surface area contributed by atoms with E-state index in [0.29, 0.717) is 40.7 Å². The van der Waals surface area contributed by atoms with E-state index >= 15 is 24.0 Å². The van der Waals surface area contributed by atoms with E-state index in [2.05, 4.69) is 42.5 Å². The summed E-state index contributed by atoms with van der Waals surface area (Å²) in [5.74, 6) is -14.9. The minimum Gasteiger partial charge on any atom is -0.508 e. The number of carboxylic acids is 1. The Morgan fingerprint density at radius 1 is 0.675 bits per heavy atom. The van der Waals surface area contributed by atoms with Crippen LogP contribution in [-0.4, -0.2) is 208 Å². The summed E-state index contributed by atoms with van der Waals surface area (Å²) in [5.41, 5.74) is 3.00. The Labute approximate surface area is 740 Å². The van der Waals surface area contributed by atoms with E-state index < -0.39 is 237 Å². The van der Waals surface area contributed by atoms with Gasteiger partial charge in [-0.25, -0.2) is 4.79 Å². The highest BCUT2D eigenvalue weighted by Crippen LogP contribution is 2.50. The molecule has 7 aromatic carbocycles. The molecule has 2 saturated heterocycles. The van der Waals surface area contributed by atoms with Crippen molar-refractivity contribution in [1.29, 1.82) is 0 Å². The predicted molar refractivity (Wildman–Crippen MR) is 452 cm³/mol. The number of aliphatic hydroxyl groups excluding tert-OH is 6. The molecule has 674 valence electrons. The number of thioether (sulfide) groups is 1. The quantitative estimate of drug-likeness (QED) is 0.0309. The van der Waals surface area contributed by atoms with Crippen molar-refractivity contribution in [2.24, 2.45) is 11.7 Å². The van der Waals surface area contributed by atoms with Gasteiger partial charge in [0, 0.05) is 59.0 Å². The Bertz CT molecular complexity index is 5260. The van der Waals surface area contributed by atoms with E-state index in [9.17, 15) is 70.2 Å². The molecule has 7 amide bonds. The Balaban J connectivity index is 1.000. The standard InChI is InChI=1S/C86H96Cl3N9O27S/c1-37(2)23-52(91-6)78(110)97-69-71(105)43-13-19-56(50(88)26-43)121-60-28-45-29-61(75(60)125-85-76(74(108)73(107)62(35-99)123-85)124-64-33-86(5,77(109)38(3)120-64)92-34-41-11-18-58(119-36-40-9-15-46(87)16-10-40)59(24-41)118-21-7-8-22-126-39(4)100)122-57-20-14-44(27-51(57)89)72(106)70-83(115)96-68(84(116)117)49-30-47(101)31-55(103)65(49)48-25-42(12-17-54(48)102)66(80(112)98-70)95-81(113)67(45)94-79(111)53(32-63(90)104)93-82(69)114/h9-20,24-31,37-38,52-53,62,64,66-74,76-77,85,91-92,99,101-103,105-109H,7-8,21-23,32-36H2,1-6H3,(H2,90,104)(H,93,114)(H,94,111)(H,95,113)(H,96,115)(H,97,110)(H,98,112)(H,116,117)/t38-,52+,53-,62+,64-,66+,67+,68-,69+,70-,71+,72+,73+,74-,76+,77+,85-,86-/m0/s1. The van der Waals surface area contributed by atoms with Crippen LogP contribution in [0.15, 0.2) is 121 Å². The summed E-state index contributed by atoms with van der Waals surface area (Å²) in [6.07, 6.45) is -17.9. The number of hydrogen-bond acceptors (Lipinski definition) is 29. The Kier molecular flexibility index (Phi) is 30.6. The number of aliphatic hydroxyl groups is 6. The average Bonchev–Trinajstić information content (AvgIpc) is 0.767. The van der Waals surface area contributed by atoms with Crippen molar-refractivity contribution in [1.82, 2.24) is 42.5 Å². The summed E-state index contributed by atoms with van der Waals surface area (Å²) in [6.45, 7) is 7.85. The maximum absolute atomic E-state index is 16.3. The molecule has 0 unspecified atom stereocenters. The highest BCUT2D eigenvalue weighted by atomic mass is 35.5. The van der Waals surface area contributed by atoms with Gasteiger partial charge in [0.15, 0.2) is 46.5 Å². The van der Waals surface area contributed by atoms with Gasteiger partial charge in [-0.3, -0.25) is 38.4 Å². The molecule has 40 heteroatoms. The van der Waals surface area contributed by atoms with Gasteiger partial charge < -0.3 is 137 Å². The highest BCUT2D eigenvalue weighted by Gasteiger charge is 2.52. The molecule has 7 aromatic rings. The third-order valence-electron chi connectivity index (χ3n) is 21.8. The number of phenolic OH excluding ortho intramolecular Hbond substituents is 3. The van der Waals surface area contributed by atoms with Gasteiger partial charge in [0.05, 0.1) is 47.9 Å². The summed E-state index contributed by atoms with van der Waals surface area (Å²) >= 11 is 21.7. The summed E-state index contributed by atoms with van der Waals surface area (Å²) in [7, 11) is 1.47. The number of likely N-dealkylation sites (N-methyl/N-ethyl adjacent to an activating group) is 1. The number of aromatic hydroxyl groups is 3. The molecule has 2 fully saturated rings. The van der Waals surface area contributed by atoms with Crippen molar-refractivity contribution in [2.75, 3.05) is 26.0 Å². The Morgan fingerprint density at radius 3 is 1.95 bits per heavy atom. The minimum atomic E-state index is -2.39. The first-order valence-electron chi connectivity index (χ1n) is 40.1. The van der Waals surface area contributed by atoms with Gasteiger partial charge in [0.2, 0.25) is 53.4 Å². The zero-order valence-electron chi connectivity index (χ0n) is 68.5. The van der Waals surface area contributed by atoms with E-state index in [1.165, 1.54) is 37.9 Å². The van der Waals surface area contributed by atoms with Crippen LogP contribution in [0.4, 0.5) is 0 Å². The largest absolute Gasteiger partial charge is 0.508 e. The molecule has 11 bridgehead atoms. The maximum atomic E-state index is 16.3.